The lowest BCUT2D eigenvalue weighted by Crippen LogP contribution is -2.54. The summed E-state index contributed by atoms with van der Waals surface area (Å²) in [5, 5.41) is 7.04. The average molecular weight is 375 g/mol. The average Bonchev–Trinajstić information content (AvgIpc) is 2.63. The molecule has 0 aromatic heterocycles. The second-order valence-electron chi connectivity index (χ2n) is 6.63. The van der Waals surface area contributed by atoms with E-state index in [0.29, 0.717) is 11.7 Å². The van der Waals surface area contributed by atoms with Crippen molar-refractivity contribution in [1.29, 1.82) is 0 Å². The van der Waals surface area contributed by atoms with E-state index in [1.54, 1.807) is 12.1 Å². The zero-order chi connectivity index (χ0) is 18.4. The summed E-state index contributed by atoms with van der Waals surface area (Å²) in [7, 11) is -3.23. The van der Waals surface area contributed by atoms with Gasteiger partial charge in [0.25, 0.3) is 0 Å². The maximum absolute atomic E-state index is 11.2. The third-order valence-corrected chi connectivity index (χ3v) is 4.96. The molecule has 6 nitrogen and oxygen atoms in total. The molecule has 1 aliphatic heterocycles. The van der Waals surface area contributed by atoms with Crippen LogP contribution in [0, 0.1) is 0 Å². The summed E-state index contributed by atoms with van der Waals surface area (Å²) in [6.45, 7) is 4.62. The van der Waals surface area contributed by atoms with Gasteiger partial charge in [-0.05, 0) is 29.8 Å². The Morgan fingerprint density at radius 2 is 1.85 bits per heavy atom. The Balaban J connectivity index is 1.46. The molecule has 0 radical (unpaired) electrons. The number of benzene rings is 2. The molecule has 1 unspecified atom stereocenters. The summed E-state index contributed by atoms with van der Waals surface area (Å²) in [6, 6.07) is 18.3. The van der Waals surface area contributed by atoms with Crippen LogP contribution in [-0.4, -0.2) is 46.9 Å². The summed E-state index contributed by atoms with van der Waals surface area (Å²) < 4.78 is 24.9. The van der Waals surface area contributed by atoms with Gasteiger partial charge in [0, 0.05) is 50.1 Å². The van der Waals surface area contributed by atoms with E-state index in [1.807, 2.05) is 18.2 Å². The number of piperazine rings is 1. The maximum atomic E-state index is 11.2. The SMILES string of the molecule is CS(=O)(=O)Nc1ccc(CNCC2CN(c3ccccc3)CCN2)cc1. The highest BCUT2D eigenvalue weighted by Gasteiger charge is 2.18. The molecule has 2 aromatic carbocycles. The molecule has 2 aromatic rings. The normalized spacial score (nSPS) is 17.9. The fourth-order valence-corrected chi connectivity index (χ4v) is 3.70. The van der Waals surface area contributed by atoms with E-state index in [-0.39, 0.29) is 0 Å². The Morgan fingerprint density at radius 1 is 1.12 bits per heavy atom. The van der Waals surface area contributed by atoms with E-state index in [9.17, 15) is 8.42 Å². The third-order valence-electron chi connectivity index (χ3n) is 4.35. The topological polar surface area (TPSA) is 73.5 Å². The first-order valence-corrected chi connectivity index (χ1v) is 10.7. The van der Waals surface area contributed by atoms with Crippen molar-refractivity contribution in [2.45, 2.75) is 12.6 Å². The molecule has 26 heavy (non-hydrogen) atoms. The van der Waals surface area contributed by atoms with Crippen molar-refractivity contribution >= 4 is 21.4 Å². The quantitative estimate of drug-likeness (QED) is 0.687. The number of nitrogens with one attached hydrogen (secondary N) is 3. The Morgan fingerprint density at radius 3 is 2.54 bits per heavy atom. The van der Waals surface area contributed by atoms with Gasteiger partial charge in [0.2, 0.25) is 10.0 Å². The smallest absolute Gasteiger partial charge is 0.229 e. The van der Waals surface area contributed by atoms with E-state index in [0.717, 1.165) is 44.5 Å². The van der Waals surface area contributed by atoms with E-state index in [1.165, 1.54) is 5.69 Å². The van der Waals surface area contributed by atoms with Crippen LogP contribution >= 0.6 is 0 Å². The van der Waals surface area contributed by atoms with Crippen LogP contribution < -0.4 is 20.3 Å². The Labute approximate surface area is 155 Å². The fraction of sp³-hybridized carbons (Fsp3) is 0.368. The van der Waals surface area contributed by atoms with Crippen LogP contribution in [0.15, 0.2) is 54.6 Å². The minimum atomic E-state index is -3.23. The number of hydrogen-bond acceptors (Lipinski definition) is 5. The van der Waals surface area contributed by atoms with Gasteiger partial charge in [0.15, 0.2) is 0 Å². The molecule has 1 heterocycles. The maximum Gasteiger partial charge on any atom is 0.229 e. The van der Waals surface area contributed by atoms with Crippen molar-refractivity contribution in [3.63, 3.8) is 0 Å². The van der Waals surface area contributed by atoms with E-state index >= 15 is 0 Å². The second kappa shape index (κ2) is 8.53. The van der Waals surface area contributed by atoms with Gasteiger partial charge in [-0.15, -0.1) is 0 Å². The minimum Gasteiger partial charge on any atom is -0.369 e. The summed E-state index contributed by atoms with van der Waals surface area (Å²) in [6.07, 6.45) is 1.15. The molecule has 3 rings (SSSR count). The first kappa shape index (κ1) is 18.7. The molecule has 0 saturated carbocycles. The highest BCUT2D eigenvalue weighted by Crippen LogP contribution is 2.15. The summed E-state index contributed by atoms with van der Waals surface area (Å²) in [5.74, 6) is 0. The number of anilines is 2. The largest absolute Gasteiger partial charge is 0.369 e. The van der Waals surface area contributed by atoms with Gasteiger partial charge < -0.3 is 15.5 Å². The highest BCUT2D eigenvalue weighted by molar-refractivity contribution is 7.92. The molecule has 3 N–H and O–H groups in total. The first-order chi connectivity index (χ1) is 12.5. The molecular weight excluding hydrogens is 348 g/mol. The molecule has 140 valence electrons. The van der Waals surface area contributed by atoms with E-state index in [2.05, 4.69) is 44.5 Å². The van der Waals surface area contributed by atoms with Gasteiger partial charge >= 0.3 is 0 Å². The monoisotopic (exact) mass is 374 g/mol. The molecule has 0 bridgehead atoms. The minimum absolute atomic E-state index is 0.398. The number of sulfonamides is 1. The molecule has 1 atom stereocenters. The molecule has 1 fully saturated rings. The molecule has 0 spiro atoms. The zero-order valence-corrected chi connectivity index (χ0v) is 15.8. The number of hydrogen-bond donors (Lipinski definition) is 3. The zero-order valence-electron chi connectivity index (χ0n) is 15.0. The van der Waals surface area contributed by atoms with Crippen LogP contribution in [0.1, 0.15) is 5.56 Å². The van der Waals surface area contributed by atoms with Gasteiger partial charge in [0.1, 0.15) is 0 Å². The summed E-state index contributed by atoms with van der Waals surface area (Å²) in [5.41, 5.74) is 2.98. The Hall–Kier alpha value is -2.09. The third kappa shape index (κ3) is 5.72. The molecular formula is C19H26N4O2S. The van der Waals surface area contributed by atoms with Crippen molar-refractivity contribution in [2.75, 3.05) is 42.1 Å². The number of nitrogens with zero attached hydrogens (tertiary/aromatic N) is 1. The molecule has 1 saturated heterocycles. The van der Waals surface area contributed by atoms with E-state index in [4.69, 9.17) is 0 Å². The van der Waals surface area contributed by atoms with Crippen LogP contribution in [0.25, 0.3) is 0 Å². The lowest BCUT2D eigenvalue weighted by Gasteiger charge is -2.35. The lowest BCUT2D eigenvalue weighted by molar-refractivity contribution is 0.431. The Bertz CT molecular complexity index is 794. The predicted molar refractivity (Wildman–Crippen MR) is 107 cm³/mol. The van der Waals surface area contributed by atoms with Crippen molar-refractivity contribution in [3.05, 3.63) is 60.2 Å². The fourth-order valence-electron chi connectivity index (χ4n) is 3.13. The van der Waals surface area contributed by atoms with Crippen LogP contribution in [0.3, 0.4) is 0 Å². The molecule has 0 amide bonds. The van der Waals surface area contributed by atoms with Crippen molar-refractivity contribution in [3.8, 4) is 0 Å². The van der Waals surface area contributed by atoms with Gasteiger partial charge in [-0.3, -0.25) is 4.72 Å². The van der Waals surface area contributed by atoms with E-state index < -0.39 is 10.0 Å². The van der Waals surface area contributed by atoms with Crippen LogP contribution in [0.2, 0.25) is 0 Å². The summed E-state index contributed by atoms with van der Waals surface area (Å²) in [4.78, 5) is 2.41. The number of rotatable bonds is 7. The molecule has 7 heteroatoms. The van der Waals surface area contributed by atoms with Crippen LogP contribution in [0.5, 0.6) is 0 Å². The van der Waals surface area contributed by atoms with Crippen LogP contribution in [-0.2, 0) is 16.6 Å². The molecule has 0 aliphatic carbocycles. The predicted octanol–water partition coefficient (Wildman–Crippen LogP) is 1.63. The van der Waals surface area contributed by atoms with Gasteiger partial charge in [0.05, 0.1) is 6.26 Å². The van der Waals surface area contributed by atoms with Gasteiger partial charge in [-0.1, -0.05) is 30.3 Å². The molecule has 1 aliphatic rings. The van der Waals surface area contributed by atoms with Crippen molar-refractivity contribution in [2.24, 2.45) is 0 Å². The first-order valence-electron chi connectivity index (χ1n) is 8.80. The van der Waals surface area contributed by atoms with Gasteiger partial charge in [-0.2, -0.15) is 0 Å². The second-order valence-corrected chi connectivity index (χ2v) is 8.38. The number of para-hydroxylation sites is 1. The van der Waals surface area contributed by atoms with Crippen molar-refractivity contribution < 1.29 is 8.42 Å². The summed E-state index contributed by atoms with van der Waals surface area (Å²) >= 11 is 0. The van der Waals surface area contributed by atoms with Crippen molar-refractivity contribution in [1.82, 2.24) is 10.6 Å². The van der Waals surface area contributed by atoms with Crippen LogP contribution in [0.4, 0.5) is 11.4 Å². The standard InChI is InChI=1S/C19H26N4O2S/c1-26(24,25)22-17-9-7-16(8-10-17)13-20-14-18-15-23(12-11-21-18)19-5-3-2-4-6-19/h2-10,18,20-22H,11-15H2,1H3. The highest BCUT2D eigenvalue weighted by atomic mass is 32.2. The lowest BCUT2D eigenvalue weighted by atomic mass is 10.1. The van der Waals surface area contributed by atoms with Gasteiger partial charge in [-0.25, -0.2) is 8.42 Å². The Kier molecular flexibility index (Phi) is 6.13.